The molecule has 0 aliphatic carbocycles. The summed E-state index contributed by atoms with van der Waals surface area (Å²) in [4.78, 5) is 13.3. The van der Waals surface area contributed by atoms with Crippen molar-refractivity contribution < 1.29 is 27.8 Å². The first-order valence-electron chi connectivity index (χ1n) is 11.3. The molecule has 0 saturated carbocycles. The number of fused-ring (bicyclic) bond motifs is 1. The van der Waals surface area contributed by atoms with Crippen LogP contribution in [-0.4, -0.2) is 52.3 Å². The SMILES string of the molecule is CCN(c1cccc(CC(=O)O)c1)S(=O)(=O)c1ccc(OC[C@@H]2CN(C)c3ccccc3O2)cc1. The molecule has 9 heteroatoms. The number of ether oxygens (including phenoxy) is 2. The minimum atomic E-state index is -3.84. The summed E-state index contributed by atoms with van der Waals surface area (Å²) in [6.45, 7) is 2.93. The molecule has 0 amide bonds. The molecule has 1 aliphatic heterocycles. The Morgan fingerprint density at radius 3 is 2.57 bits per heavy atom. The Balaban J connectivity index is 1.44. The molecule has 0 spiro atoms. The number of carbonyl (C=O) groups is 1. The van der Waals surface area contributed by atoms with Crippen molar-refractivity contribution in [3.63, 3.8) is 0 Å². The molecular formula is C26H28N2O6S. The quantitative estimate of drug-likeness (QED) is 0.481. The summed E-state index contributed by atoms with van der Waals surface area (Å²) in [6, 6.07) is 20.7. The third-order valence-corrected chi connectivity index (χ3v) is 7.65. The third kappa shape index (κ3) is 5.51. The first-order chi connectivity index (χ1) is 16.8. The number of likely N-dealkylation sites (N-methyl/N-ethyl adjacent to an activating group) is 1. The Bertz CT molecular complexity index is 1290. The summed E-state index contributed by atoms with van der Waals surface area (Å²) >= 11 is 0. The lowest BCUT2D eigenvalue weighted by atomic mass is 10.1. The Morgan fingerprint density at radius 2 is 1.86 bits per heavy atom. The minimum Gasteiger partial charge on any atom is -0.490 e. The number of sulfonamides is 1. The fourth-order valence-electron chi connectivity index (χ4n) is 4.09. The van der Waals surface area contributed by atoms with Gasteiger partial charge < -0.3 is 19.5 Å². The number of benzene rings is 3. The van der Waals surface area contributed by atoms with Crippen LogP contribution < -0.4 is 18.7 Å². The Labute approximate surface area is 205 Å². The molecule has 3 aromatic rings. The van der Waals surface area contributed by atoms with Gasteiger partial charge in [-0.2, -0.15) is 0 Å². The summed E-state index contributed by atoms with van der Waals surface area (Å²) < 4.78 is 39.8. The van der Waals surface area contributed by atoms with E-state index in [1.165, 1.54) is 16.4 Å². The van der Waals surface area contributed by atoms with Gasteiger partial charge in [-0.1, -0.05) is 24.3 Å². The van der Waals surface area contributed by atoms with Gasteiger partial charge in [-0.3, -0.25) is 9.10 Å². The zero-order chi connectivity index (χ0) is 25.0. The smallest absolute Gasteiger partial charge is 0.307 e. The highest BCUT2D eigenvalue weighted by molar-refractivity contribution is 7.92. The van der Waals surface area contributed by atoms with Crippen LogP contribution in [0.5, 0.6) is 11.5 Å². The molecule has 0 bridgehead atoms. The van der Waals surface area contributed by atoms with Crippen LogP contribution in [0, 0.1) is 0 Å². The number of aliphatic carboxylic acids is 1. The predicted octanol–water partition coefficient (Wildman–Crippen LogP) is 3.81. The number of para-hydroxylation sites is 2. The molecule has 0 aromatic heterocycles. The molecule has 4 rings (SSSR count). The van der Waals surface area contributed by atoms with Crippen LogP contribution in [0.3, 0.4) is 0 Å². The standard InChI is InChI=1S/C26H28N2O6S/c1-3-28(20-8-6-7-19(15-20)16-26(29)30)35(31,32)23-13-11-21(12-14-23)33-18-22-17-27(2)24-9-4-5-10-25(24)34-22/h4-15,22H,3,16-18H2,1-2H3,(H,29,30)/t22-/m0/s1. The van der Waals surface area contributed by atoms with E-state index < -0.39 is 16.0 Å². The summed E-state index contributed by atoms with van der Waals surface area (Å²) in [6.07, 6.45) is -0.337. The fraction of sp³-hybridized carbons (Fsp3) is 0.269. The zero-order valence-corrected chi connectivity index (χ0v) is 20.4. The maximum atomic E-state index is 13.3. The highest BCUT2D eigenvalue weighted by atomic mass is 32.2. The number of hydrogen-bond acceptors (Lipinski definition) is 6. The van der Waals surface area contributed by atoms with Gasteiger partial charge in [-0.15, -0.1) is 0 Å². The maximum Gasteiger partial charge on any atom is 0.307 e. The zero-order valence-electron chi connectivity index (χ0n) is 19.6. The molecule has 1 N–H and O–H groups in total. The largest absolute Gasteiger partial charge is 0.490 e. The molecule has 0 saturated heterocycles. The van der Waals surface area contributed by atoms with Crippen molar-refractivity contribution in [2.45, 2.75) is 24.3 Å². The van der Waals surface area contributed by atoms with E-state index in [1.54, 1.807) is 43.3 Å². The summed E-state index contributed by atoms with van der Waals surface area (Å²) in [5.74, 6) is 0.377. The van der Waals surface area contributed by atoms with E-state index in [1.807, 2.05) is 31.3 Å². The number of carboxylic acids is 1. The van der Waals surface area contributed by atoms with E-state index in [2.05, 4.69) is 4.90 Å². The van der Waals surface area contributed by atoms with Crippen molar-refractivity contribution in [2.75, 3.05) is 35.9 Å². The molecular weight excluding hydrogens is 468 g/mol. The lowest BCUT2D eigenvalue weighted by molar-refractivity contribution is -0.136. The van der Waals surface area contributed by atoms with Crippen molar-refractivity contribution in [3.05, 3.63) is 78.4 Å². The van der Waals surface area contributed by atoms with E-state index in [-0.39, 0.29) is 24.0 Å². The number of rotatable bonds is 9. The molecule has 0 unspecified atom stereocenters. The summed E-state index contributed by atoms with van der Waals surface area (Å²) in [7, 11) is -1.84. The average Bonchev–Trinajstić information content (AvgIpc) is 2.83. The molecule has 0 radical (unpaired) electrons. The van der Waals surface area contributed by atoms with Gasteiger partial charge >= 0.3 is 5.97 Å². The van der Waals surface area contributed by atoms with Gasteiger partial charge in [-0.25, -0.2) is 8.42 Å². The summed E-state index contributed by atoms with van der Waals surface area (Å²) in [5, 5.41) is 9.05. The number of nitrogens with zero attached hydrogens (tertiary/aromatic N) is 2. The first-order valence-corrected chi connectivity index (χ1v) is 12.7. The van der Waals surface area contributed by atoms with E-state index >= 15 is 0 Å². The molecule has 1 aliphatic rings. The van der Waals surface area contributed by atoms with Crippen molar-refractivity contribution in [2.24, 2.45) is 0 Å². The molecule has 184 valence electrons. The minimum absolute atomic E-state index is 0.123. The molecule has 0 fully saturated rings. The lowest BCUT2D eigenvalue weighted by Gasteiger charge is -2.33. The van der Waals surface area contributed by atoms with Crippen LogP contribution in [0.2, 0.25) is 0 Å². The van der Waals surface area contributed by atoms with Gasteiger partial charge in [0.2, 0.25) is 0 Å². The highest BCUT2D eigenvalue weighted by Gasteiger charge is 2.25. The molecule has 1 heterocycles. The van der Waals surface area contributed by atoms with Crippen molar-refractivity contribution in [3.8, 4) is 11.5 Å². The predicted molar refractivity (Wildman–Crippen MR) is 134 cm³/mol. The normalized spacial score (nSPS) is 15.1. The number of anilines is 2. The molecule has 1 atom stereocenters. The summed E-state index contributed by atoms with van der Waals surface area (Å²) in [5.41, 5.74) is 1.99. The van der Waals surface area contributed by atoms with E-state index in [9.17, 15) is 13.2 Å². The van der Waals surface area contributed by atoms with Crippen LogP contribution in [0.25, 0.3) is 0 Å². The first kappa shape index (κ1) is 24.4. The van der Waals surface area contributed by atoms with Crippen molar-refractivity contribution in [1.82, 2.24) is 0 Å². The second-order valence-electron chi connectivity index (χ2n) is 8.28. The molecule has 8 nitrogen and oxygen atoms in total. The van der Waals surface area contributed by atoms with Crippen LogP contribution >= 0.6 is 0 Å². The van der Waals surface area contributed by atoms with Gasteiger partial charge in [0.25, 0.3) is 10.0 Å². The monoisotopic (exact) mass is 496 g/mol. The van der Waals surface area contributed by atoms with Crippen LogP contribution in [-0.2, 0) is 21.2 Å². The van der Waals surface area contributed by atoms with Gasteiger partial charge in [0.1, 0.15) is 24.2 Å². The van der Waals surface area contributed by atoms with E-state index in [0.717, 1.165) is 11.4 Å². The second-order valence-corrected chi connectivity index (χ2v) is 10.1. The number of carboxylic acid groups (broad SMARTS) is 1. The fourth-order valence-corrected chi connectivity index (χ4v) is 5.56. The second kappa shape index (κ2) is 10.3. The molecule has 35 heavy (non-hydrogen) atoms. The molecule has 3 aromatic carbocycles. The van der Waals surface area contributed by atoms with Gasteiger partial charge in [0.15, 0.2) is 0 Å². The lowest BCUT2D eigenvalue weighted by Crippen LogP contribution is -2.41. The Hall–Kier alpha value is -3.72. The highest BCUT2D eigenvalue weighted by Crippen LogP contribution is 2.32. The van der Waals surface area contributed by atoms with Gasteiger partial charge in [0.05, 0.1) is 29.2 Å². The van der Waals surface area contributed by atoms with E-state index in [4.69, 9.17) is 14.6 Å². The number of hydrogen-bond donors (Lipinski definition) is 1. The third-order valence-electron chi connectivity index (χ3n) is 5.74. The van der Waals surface area contributed by atoms with E-state index in [0.29, 0.717) is 30.2 Å². The van der Waals surface area contributed by atoms with Crippen molar-refractivity contribution in [1.29, 1.82) is 0 Å². The Kier molecular flexibility index (Phi) is 7.16. The van der Waals surface area contributed by atoms with Crippen molar-refractivity contribution >= 4 is 27.4 Å². The van der Waals surface area contributed by atoms with Crippen LogP contribution in [0.4, 0.5) is 11.4 Å². The van der Waals surface area contributed by atoms with Gasteiger partial charge in [0, 0.05) is 13.6 Å². The van der Waals surface area contributed by atoms with Crippen LogP contribution in [0.15, 0.2) is 77.7 Å². The average molecular weight is 497 g/mol. The topological polar surface area (TPSA) is 96.4 Å². The maximum absolute atomic E-state index is 13.3. The van der Waals surface area contributed by atoms with Gasteiger partial charge in [-0.05, 0) is 61.0 Å². The van der Waals surface area contributed by atoms with Crippen LogP contribution in [0.1, 0.15) is 12.5 Å². The Morgan fingerprint density at radius 1 is 1.11 bits per heavy atom.